The highest BCUT2D eigenvalue weighted by atomic mass is 32.1. The number of benzene rings is 2. The van der Waals surface area contributed by atoms with Gasteiger partial charge in [0.25, 0.3) is 0 Å². The van der Waals surface area contributed by atoms with Crippen LogP contribution in [0, 0.1) is 0 Å². The second kappa shape index (κ2) is 9.71. The number of aryl methyl sites for hydroxylation is 1. The zero-order chi connectivity index (χ0) is 24.6. The Balaban J connectivity index is 1.36. The molecule has 1 aromatic heterocycles. The van der Waals surface area contributed by atoms with Gasteiger partial charge in [-0.1, -0.05) is 69.3 Å². The number of carbonyl (C=O) groups excluding carboxylic acids is 2. The summed E-state index contributed by atoms with van der Waals surface area (Å²) in [7, 11) is 0. The molecular weight excluding hydrogens is 452 g/mol. The maximum Gasteiger partial charge on any atom is 0.239 e. The summed E-state index contributed by atoms with van der Waals surface area (Å²) in [5, 5.41) is 3.87. The number of fused-ring (bicyclic) bond motifs is 2. The lowest BCUT2D eigenvalue weighted by Crippen LogP contribution is -2.37. The molecule has 0 saturated carbocycles. The van der Waals surface area contributed by atoms with Gasteiger partial charge < -0.3 is 5.32 Å². The van der Waals surface area contributed by atoms with E-state index in [1.54, 1.807) is 11.3 Å². The van der Waals surface area contributed by atoms with Crippen LogP contribution in [0.5, 0.6) is 0 Å². The van der Waals surface area contributed by atoms with Gasteiger partial charge in [-0.2, -0.15) is 0 Å². The molecule has 35 heavy (non-hydrogen) atoms. The molecule has 0 radical (unpaired) electrons. The number of hydrogen-bond donors (Lipinski definition) is 1. The highest BCUT2D eigenvalue weighted by Crippen LogP contribution is 2.39. The lowest BCUT2D eigenvalue weighted by Gasteiger charge is -2.28. The molecule has 182 valence electrons. The normalized spacial score (nSPS) is 15.9. The van der Waals surface area contributed by atoms with Crippen molar-refractivity contribution in [2.45, 2.75) is 64.8 Å². The third-order valence-electron chi connectivity index (χ3n) is 7.24. The molecule has 0 atom stereocenters. The minimum Gasteiger partial charge on any atom is -0.316 e. The van der Waals surface area contributed by atoms with Crippen molar-refractivity contribution in [1.29, 1.82) is 0 Å². The van der Waals surface area contributed by atoms with Crippen LogP contribution in [0.25, 0.3) is 0 Å². The summed E-state index contributed by atoms with van der Waals surface area (Å²) in [6, 6.07) is 16.4. The zero-order valence-corrected chi connectivity index (χ0v) is 21.8. The standard InChI is InChI=1S/C30H34N2O2S/c1-30(2,3)23-14-12-21(13-15-23)28(34)27-24-10-6-7-11-25(24)35-29(27)31-26(33)19-32-17-16-20-8-4-5-9-22(20)18-32/h4-5,8-9,12-15H,6-7,10-11,16-19H2,1-3H3,(H,31,33). The first kappa shape index (κ1) is 24.0. The summed E-state index contributed by atoms with van der Waals surface area (Å²) in [5.74, 6) is -0.0211. The van der Waals surface area contributed by atoms with E-state index in [0.29, 0.717) is 17.7 Å². The van der Waals surface area contributed by atoms with E-state index in [0.717, 1.165) is 55.8 Å². The van der Waals surface area contributed by atoms with Crippen LogP contribution in [0.3, 0.4) is 0 Å². The largest absolute Gasteiger partial charge is 0.316 e. The Hall–Kier alpha value is -2.76. The molecule has 2 heterocycles. The Kier molecular flexibility index (Phi) is 6.65. The topological polar surface area (TPSA) is 49.4 Å². The molecule has 5 rings (SSSR count). The van der Waals surface area contributed by atoms with Crippen molar-refractivity contribution in [2.75, 3.05) is 18.4 Å². The van der Waals surface area contributed by atoms with Crippen molar-refractivity contribution in [1.82, 2.24) is 4.90 Å². The lowest BCUT2D eigenvalue weighted by molar-refractivity contribution is -0.117. The van der Waals surface area contributed by atoms with Crippen LogP contribution >= 0.6 is 11.3 Å². The number of rotatable bonds is 5. The zero-order valence-electron chi connectivity index (χ0n) is 20.9. The summed E-state index contributed by atoms with van der Waals surface area (Å²) in [6.07, 6.45) is 5.09. The van der Waals surface area contributed by atoms with Gasteiger partial charge in [0.2, 0.25) is 5.91 Å². The summed E-state index contributed by atoms with van der Waals surface area (Å²) in [6.45, 7) is 8.52. The first-order valence-corrected chi connectivity index (χ1v) is 13.5. The van der Waals surface area contributed by atoms with Crippen molar-refractivity contribution < 1.29 is 9.59 Å². The van der Waals surface area contributed by atoms with E-state index in [9.17, 15) is 9.59 Å². The first-order chi connectivity index (χ1) is 16.8. The SMILES string of the molecule is CC(C)(C)c1ccc(C(=O)c2c(NC(=O)CN3CCc4ccccc4C3)sc3c2CCCC3)cc1. The molecule has 0 unspecified atom stereocenters. The number of ketones is 1. The quantitative estimate of drug-likeness (QED) is 0.440. The molecular formula is C30H34N2O2S. The van der Waals surface area contributed by atoms with Crippen LogP contribution in [0.1, 0.15) is 76.7 Å². The van der Waals surface area contributed by atoms with Gasteiger partial charge in [-0.25, -0.2) is 0 Å². The first-order valence-electron chi connectivity index (χ1n) is 12.7. The molecule has 2 aliphatic rings. The third kappa shape index (κ3) is 5.12. The van der Waals surface area contributed by atoms with E-state index in [1.165, 1.54) is 21.6 Å². The molecule has 1 amide bonds. The van der Waals surface area contributed by atoms with Gasteiger partial charge in [-0.05, 0) is 59.8 Å². The van der Waals surface area contributed by atoms with E-state index in [2.05, 4.69) is 67.4 Å². The molecule has 0 fully saturated rings. The van der Waals surface area contributed by atoms with Crippen molar-refractivity contribution in [2.24, 2.45) is 0 Å². The molecule has 1 N–H and O–H groups in total. The van der Waals surface area contributed by atoms with E-state index >= 15 is 0 Å². The van der Waals surface area contributed by atoms with Crippen molar-refractivity contribution in [3.05, 3.63) is 86.8 Å². The molecule has 0 spiro atoms. The number of nitrogens with one attached hydrogen (secondary N) is 1. The monoisotopic (exact) mass is 486 g/mol. The maximum atomic E-state index is 13.7. The summed E-state index contributed by atoms with van der Waals surface area (Å²) in [5.41, 5.74) is 6.47. The highest BCUT2D eigenvalue weighted by molar-refractivity contribution is 7.17. The summed E-state index contributed by atoms with van der Waals surface area (Å²) in [4.78, 5) is 30.3. The van der Waals surface area contributed by atoms with Crippen LogP contribution in [-0.4, -0.2) is 29.7 Å². The fraction of sp³-hybridized carbons (Fsp3) is 0.400. The predicted octanol–water partition coefficient (Wildman–Crippen LogP) is 6.15. The molecule has 5 heteroatoms. The van der Waals surface area contributed by atoms with Gasteiger partial charge in [-0.3, -0.25) is 14.5 Å². The summed E-state index contributed by atoms with van der Waals surface area (Å²) < 4.78 is 0. The Labute approximate surface area is 212 Å². The molecule has 0 bridgehead atoms. The van der Waals surface area contributed by atoms with Gasteiger partial charge in [0.05, 0.1) is 12.1 Å². The minimum atomic E-state index is -0.0416. The number of anilines is 1. The summed E-state index contributed by atoms with van der Waals surface area (Å²) >= 11 is 1.60. The van der Waals surface area contributed by atoms with Gasteiger partial charge in [-0.15, -0.1) is 11.3 Å². The van der Waals surface area contributed by atoms with Gasteiger partial charge >= 0.3 is 0 Å². The fourth-order valence-electron chi connectivity index (χ4n) is 5.22. The Bertz CT molecular complexity index is 1250. The third-order valence-corrected chi connectivity index (χ3v) is 8.45. The number of nitrogens with zero attached hydrogens (tertiary/aromatic N) is 1. The second-order valence-electron chi connectivity index (χ2n) is 10.8. The van der Waals surface area contributed by atoms with Crippen LogP contribution < -0.4 is 5.32 Å². The van der Waals surface area contributed by atoms with E-state index in [1.807, 2.05) is 12.1 Å². The molecule has 4 nitrogen and oxygen atoms in total. The van der Waals surface area contributed by atoms with Crippen LogP contribution in [-0.2, 0) is 36.0 Å². The van der Waals surface area contributed by atoms with E-state index < -0.39 is 0 Å². The average Bonchev–Trinajstić information content (AvgIpc) is 3.20. The van der Waals surface area contributed by atoms with Gasteiger partial charge in [0, 0.05) is 23.5 Å². The number of hydrogen-bond acceptors (Lipinski definition) is 4. The number of amides is 1. The molecule has 1 aliphatic carbocycles. The highest BCUT2D eigenvalue weighted by Gasteiger charge is 2.28. The van der Waals surface area contributed by atoms with Crippen molar-refractivity contribution in [3.8, 4) is 0 Å². The minimum absolute atomic E-state index is 0.0204. The van der Waals surface area contributed by atoms with E-state index in [4.69, 9.17) is 0 Å². The maximum absolute atomic E-state index is 13.7. The Morgan fingerprint density at radius 1 is 0.943 bits per heavy atom. The van der Waals surface area contributed by atoms with Gasteiger partial charge in [0.15, 0.2) is 5.78 Å². The number of thiophene rings is 1. The van der Waals surface area contributed by atoms with Crippen LogP contribution in [0.4, 0.5) is 5.00 Å². The molecule has 1 aliphatic heterocycles. The van der Waals surface area contributed by atoms with Crippen molar-refractivity contribution in [3.63, 3.8) is 0 Å². The number of carbonyl (C=O) groups is 2. The van der Waals surface area contributed by atoms with Crippen LogP contribution in [0.2, 0.25) is 0 Å². The smallest absolute Gasteiger partial charge is 0.239 e. The Morgan fingerprint density at radius 2 is 1.66 bits per heavy atom. The van der Waals surface area contributed by atoms with Crippen molar-refractivity contribution >= 4 is 28.0 Å². The lowest BCUT2D eigenvalue weighted by atomic mass is 9.86. The Morgan fingerprint density at radius 3 is 2.40 bits per heavy atom. The average molecular weight is 487 g/mol. The predicted molar refractivity (Wildman–Crippen MR) is 144 cm³/mol. The van der Waals surface area contributed by atoms with Crippen LogP contribution in [0.15, 0.2) is 48.5 Å². The second-order valence-corrected chi connectivity index (χ2v) is 12.0. The molecule has 3 aromatic rings. The fourth-order valence-corrected chi connectivity index (χ4v) is 6.52. The van der Waals surface area contributed by atoms with Gasteiger partial charge in [0.1, 0.15) is 5.00 Å². The molecule has 2 aromatic carbocycles. The molecule has 0 saturated heterocycles. The van der Waals surface area contributed by atoms with E-state index in [-0.39, 0.29) is 17.1 Å².